The zero-order valence-corrected chi connectivity index (χ0v) is 20.3. The second-order valence-electron chi connectivity index (χ2n) is 8.70. The van der Waals surface area contributed by atoms with Gasteiger partial charge in [-0.05, 0) is 43.5 Å². The molecule has 2 aromatic carbocycles. The van der Waals surface area contributed by atoms with Gasteiger partial charge in [-0.1, -0.05) is 44.2 Å². The number of amides is 2. The molecule has 2 amide bonds. The quantitative estimate of drug-likeness (QED) is 0.636. The Kier molecular flexibility index (Phi) is 7.44. The summed E-state index contributed by atoms with van der Waals surface area (Å²) >= 11 is 0. The fourth-order valence-corrected chi connectivity index (χ4v) is 5.43. The number of hydrogen-bond donors (Lipinski definition) is 1. The summed E-state index contributed by atoms with van der Waals surface area (Å²) in [6.07, 6.45) is 0.760. The minimum Gasteiger partial charge on any atom is -0.495 e. The third kappa shape index (κ3) is 5.04. The second-order valence-corrected chi connectivity index (χ2v) is 10.6. The van der Waals surface area contributed by atoms with Gasteiger partial charge in [-0.25, -0.2) is 8.42 Å². The van der Waals surface area contributed by atoms with E-state index < -0.39 is 27.4 Å². The van der Waals surface area contributed by atoms with Crippen LogP contribution in [0.2, 0.25) is 0 Å². The molecule has 1 N–H and O–H groups in total. The number of para-hydroxylation sites is 2. The zero-order chi connectivity index (χ0) is 24.2. The zero-order valence-electron chi connectivity index (χ0n) is 19.4. The summed E-state index contributed by atoms with van der Waals surface area (Å²) in [6, 6.07) is 14.8. The summed E-state index contributed by atoms with van der Waals surface area (Å²) in [7, 11) is -2.49. The average Bonchev–Trinajstić information content (AvgIpc) is 2.79. The summed E-state index contributed by atoms with van der Waals surface area (Å²) in [5.41, 5.74) is -1.06. The Morgan fingerprint density at radius 3 is 2.39 bits per heavy atom. The van der Waals surface area contributed by atoms with Gasteiger partial charge in [0.05, 0.1) is 24.2 Å². The molecule has 1 aliphatic rings. The number of sulfonamides is 1. The SMILES string of the molecule is COc1ccccc1N1C(=O)CN(S(=O)(=O)c2ccccc2)CC1(C)C(=O)NCCC(C)C. The molecule has 9 heteroatoms. The molecule has 1 saturated heterocycles. The number of methoxy groups -OCH3 is 1. The van der Waals surface area contributed by atoms with E-state index in [4.69, 9.17) is 4.74 Å². The molecule has 1 atom stereocenters. The number of carbonyl (C=O) groups is 2. The van der Waals surface area contributed by atoms with Crippen LogP contribution in [0.5, 0.6) is 5.75 Å². The maximum Gasteiger partial charge on any atom is 0.247 e. The van der Waals surface area contributed by atoms with Crippen LogP contribution in [0.1, 0.15) is 27.2 Å². The lowest BCUT2D eigenvalue weighted by Crippen LogP contribution is -2.70. The number of nitrogens with zero attached hydrogens (tertiary/aromatic N) is 2. The lowest BCUT2D eigenvalue weighted by atomic mass is 9.94. The molecule has 2 aromatic rings. The van der Waals surface area contributed by atoms with Crippen molar-refractivity contribution in [2.24, 2.45) is 5.92 Å². The Hall–Kier alpha value is -2.91. The maximum atomic E-state index is 13.5. The van der Waals surface area contributed by atoms with E-state index in [1.807, 2.05) is 13.8 Å². The Morgan fingerprint density at radius 1 is 1.12 bits per heavy atom. The number of anilines is 1. The van der Waals surface area contributed by atoms with Gasteiger partial charge >= 0.3 is 0 Å². The Morgan fingerprint density at radius 2 is 1.76 bits per heavy atom. The monoisotopic (exact) mass is 473 g/mol. The van der Waals surface area contributed by atoms with Crippen LogP contribution in [0.3, 0.4) is 0 Å². The maximum absolute atomic E-state index is 13.5. The summed E-state index contributed by atoms with van der Waals surface area (Å²) < 4.78 is 33.1. The number of benzene rings is 2. The predicted octanol–water partition coefficient (Wildman–Crippen LogP) is 2.65. The number of rotatable bonds is 8. The largest absolute Gasteiger partial charge is 0.495 e. The Labute approximate surface area is 195 Å². The van der Waals surface area contributed by atoms with E-state index in [1.165, 1.54) is 24.1 Å². The highest BCUT2D eigenvalue weighted by Gasteiger charge is 2.51. The highest BCUT2D eigenvalue weighted by Crippen LogP contribution is 2.37. The molecule has 0 aromatic heterocycles. The van der Waals surface area contributed by atoms with E-state index in [1.54, 1.807) is 49.4 Å². The van der Waals surface area contributed by atoms with Crippen molar-refractivity contribution in [3.63, 3.8) is 0 Å². The van der Waals surface area contributed by atoms with E-state index in [-0.39, 0.29) is 18.0 Å². The van der Waals surface area contributed by atoms with Gasteiger partial charge in [-0.2, -0.15) is 4.31 Å². The van der Waals surface area contributed by atoms with Gasteiger partial charge in [0, 0.05) is 13.1 Å². The number of piperazine rings is 1. The summed E-state index contributed by atoms with van der Waals surface area (Å²) in [4.78, 5) is 28.4. The molecular weight excluding hydrogens is 442 g/mol. The number of ether oxygens (including phenoxy) is 1. The van der Waals surface area contributed by atoms with Crippen molar-refractivity contribution < 1.29 is 22.7 Å². The summed E-state index contributed by atoms with van der Waals surface area (Å²) in [5.74, 6) is -0.125. The van der Waals surface area contributed by atoms with Crippen molar-refractivity contribution in [3.8, 4) is 5.75 Å². The number of nitrogens with one attached hydrogen (secondary N) is 1. The number of hydrogen-bond acceptors (Lipinski definition) is 5. The predicted molar refractivity (Wildman–Crippen MR) is 127 cm³/mol. The fraction of sp³-hybridized carbons (Fsp3) is 0.417. The first-order valence-electron chi connectivity index (χ1n) is 10.9. The van der Waals surface area contributed by atoms with E-state index in [0.29, 0.717) is 23.9 Å². The molecule has 178 valence electrons. The minimum absolute atomic E-state index is 0.0751. The van der Waals surface area contributed by atoms with Crippen molar-refractivity contribution in [2.75, 3.05) is 31.6 Å². The van der Waals surface area contributed by atoms with Gasteiger partial charge in [-0.15, -0.1) is 0 Å². The molecule has 8 nitrogen and oxygen atoms in total. The molecule has 0 saturated carbocycles. The highest BCUT2D eigenvalue weighted by atomic mass is 32.2. The van der Waals surface area contributed by atoms with Gasteiger partial charge < -0.3 is 10.1 Å². The highest BCUT2D eigenvalue weighted by molar-refractivity contribution is 7.89. The molecule has 3 rings (SSSR count). The van der Waals surface area contributed by atoms with Gasteiger partial charge in [0.25, 0.3) is 0 Å². The molecule has 1 heterocycles. The number of carbonyl (C=O) groups excluding carboxylic acids is 2. The van der Waals surface area contributed by atoms with Crippen molar-refractivity contribution in [2.45, 2.75) is 37.6 Å². The van der Waals surface area contributed by atoms with E-state index in [2.05, 4.69) is 5.32 Å². The topological polar surface area (TPSA) is 96.0 Å². The van der Waals surface area contributed by atoms with Crippen LogP contribution < -0.4 is 15.0 Å². The summed E-state index contributed by atoms with van der Waals surface area (Å²) in [6.45, 7) is 5.53. The van der Waals surface area contributed by atoms with Crippen LogP contribution in [0, 0.1) is 5.92 Å². The lowest BCUT2D eigenvalue weighted by molar-refractivity contribution is -0.132. The van der Waals surface area contributed by atoms with Crippen LogP contribution in [0.25, 0.3) is 0 Å². The molecule has 33 heavy (non-hydrogen) atoms. The van der Waals surface area contributed by atoms with Crippen molar-refractivity contribution >= 4 is 27.5 Å². The molecule has 0 radical (unpaired) electrons. The molecule has 1 aliphatic heterocycles. The van der Waals surface area contributed by atoms with Crippen LogP contribution in [-0.4, -0.2) is 56.8 Å². The fourth-order valence-electron chi connectivity index (χ4n) is 3.93. The molecule has 1 unspecified atom stereocenters. The van der Waals surface area contributed by atoms with Crippen molar-refractivity contribution in [1.29, 1.82) is 0 Å². The van der Waals surface area contributed by atoms with Crippen molar-refractivity contribution in [1.82, 2.24) is 9.62 Å². The average molecular weight is 474 g/mol. The van der Waals surface area contributed by atoms with E-state index >= 15 is 0 Å². The first-order chi connectivity index (χ1) is 15.6. The van der Waals surface area contributed by atoms with Gasteiger partial charge in [-0.3, -0.25) is 14.5 Å². The third-order valence-corrected chi connectivity index (χ3v) is 7.55. The normalized spacial score (nSPS) is 19.5. The standard InChI is InChI=1S/C24H31N3O5S/c1-18(2)14-15-25-23(29)24(3)17-26(33(30,31)19-10-6-5-7-11-19)16-22(28)27(24)20-12-8-9-13-21(20)32-4/h5-13,18H,14-17H2,1-4H3,(H,25,29). The van der Waals surface area contributed by atoms with Crippen LogP contribution in [0.15, 0.2) is 59.5 Å². The molecule has 0 aliphatic carbocycles. The van der Waals surface area contributed by atoms with Gasteiger partial charge in [0.15, 0.2) is 0 Å². The third-order valence-electron chi connectivity index (χ3n) is 5.74. The molecular formula is C24H31N3O5S. The van der Waals surface area contributed by atoms with E-state index in [9.17, 15) is 18.0 Å². The van der Waals surface area contributed by atoms with Crippen molar-refractivity contribution in [3.05, 3.63) is 54.6 Å². The summed E-state index contributed by atoms with van der Waals surface area (Å²) in [5, 5.41) is 2.90. The smallest absolute Gasteiger partial charge is 0.247 e. The first kappa shape index (κ1) is 24.7. The second kappa shape index (κ2) is 9.93. The van der Waals surface area contributed by atoms with Gasteiger partial charge in [0.1, 0.15) is 11.3 Å². The van der Waals surface area contributed by atoms with Crippen LogP contribution in [-0.2, 0) is 19.6 Å². The first-order valence-corrected chi connectivity index (χ1v) is 12.3. The van der Waals surface area contributed by atoms with E-state index in [0.717, 1.165) is 10.7 Å². The van der Waals surface area contributed by atoms with Crippen LogP contribution in [0.4, 0.5) is 5.69 Å². The Balaban J connectivity index is 2.04. The minimum atomic E-state index is -3.98. The van der Waals surface area contributed by atoms with Crippen LogP contribution >= 0.6 is 0 Å². The molecule has 0 bridgehead atoms. The lowest BCUT2D eigenvalue weighted by Gasteiger charge is -2.46. The van der Waals surface area contributed by atoms with Gasteiger partial charge in [0.2, 0.25) is 21.8 Å². The Bertz CT molecular complexity index is 1100. The molecule has 0 spiro atoms. The molecule has 1 fully saturated rings.